The SMILES string of the molecule is CC(=O)C1Sc2ccccc2C1Cl. The highest BCUT2D eigenvalue weighted by atomic mass is 35.5. The first-order valence-electron chi connectivity index (χ1n) is 4.10. The maximum atomic E-state index is 11.2. The molecular weight excluding hydrogens is 204 g/mol. The predicted octanol–water partition coefficient (Wildman–Crippen LogP) is 3.03. The zero-order valence-corrected chi connectivity index (χ0v) is 8.73. The minimum Gasteiger partial charge on any atom is -0.299 e. The second kappa shape index (κ2) is 3.35. The van der Waals surface area contributed by atoms with E-state index in [-0.39, 0.29) is 16.4 Å². The Morgan fingerprint density at radius 2 is 2.15 bits per heavy atom. The number of benzene rings is 1. The van der Waals surface area contributed by atoms with Gasteiger partial charge in [-0.1, -0.05) is 18.2 Å². The molecule has 0 radical (unpaired) electrons. The van der Waals surface area contributed by atoms with Gasteiger partial charge >= 0.3 is 0 Å². The molecule has 0 spiro atoms. The second-order valence-corrected chi connectivity index (χ2v) is 4.74. The molecule has 0 N–H and O–H groups in total. The molecule has 0 bridgehead atoms. The molecule has 2 unspecified atom stereocenters. The number of rotatable bonds is 1. The lowest BCUT2D eigenvalue weighted by Crippen LogP contribution is -2.14. The minimum atomic E-state index is -0.154. The van der Waals surface area contributed by atoms with Crippen molar-refractivity contribution in [3.63, 3.8) is 0 Å². The van der Waals surface area contributed by atoms with Crippen molar-refractivity contribution >= 4 is 29.1 Å². The van der Waals surface area contributed by atoms with Crippen molar-refractivity contribution in [1.29, 1.82) is 0 Å². The van der Waals surface area contributed by atoms with E-state index >= 15 is 0 Å². The molecule has 1 aliphatic heterocycles. The van der Waals surface area contributed by atoms with Crippen LogP contribution in [-0.2, 0) is 4.79 Å². The molecule has 1 heterocycles. The summed E-state index contributed by atoms with van der Waals surface area (Å²) in [6.45, 7) is 1.60. The molecule has 2 atom stereocenters. The van der Waals surface area contributed by atoms with Gasteiger partial charge in [-0.15, -0.1) is 23.4 Å². The van der Waals surface area contributed by atoms with Crippen molar-refractivity contribution in [2.45, 2.75) is 22.4 Å². The number of carbonyl (C=O) groups is 1. The Morgan fingerprint density at radius 1 is 1.46 bits per heavy atom. The van der Waals surface area contributed by atoms with E-state index in [4.69, 9.17) is 11.6 Å². The van der Waals surface area contributed by atoms with E-state index in [9.17, 15) is 4.79 Å². The second-order valence-electron chi connectivity index (χ2n) is 3.09. The summed E-state index contributed by atoms with van der Waals surface area (Å²) in [6.07, 6.45) is 0. The van der Waals surface area contributed by atoms with Gasteiger partial charge in [-0.05, 0) is 18.6 Å². The van der Waals surface area contributed by atoms with Crippen LogP contribution in [0.3, 0.4) is 0 Å². The molecule has 1 aromatic rings. The van der Waals surface area contributed by atoms with Gasteiger partial charge in [0.05, 0.1) is 10.6 Å². The molecule has 68 valence electrons. The monoisotopic (exact) mass is 212 g/mol. The molecule has 0 aromatic heterocycles. The number of ketones is 1. The number of Topliss-reactive ketones (excluding diaryl/α,β-unsaturated/α-hetero) is 1. The Labute approximate surface area is 86.5 Å². The first-order valence-corrected chi connectivity index (χ1v) is 5.42. The van der Waals surface area contributed by atoms with Crippen molar-refractivity contribution in [2.24, 2.45) is 0 Å². The van der Waals surface area contributed by atoms with Gasteiger partial charge in [0.1, 0.15) is 5.78 Å². The molecule has 0 saturated heterocycles. The van der Waals surface area contributed by atoms with Crippen LogP contribution >= 0.6 is 23.4 Å². The van der Waals surface area contributed by atoms with Gasteiger partial charge in [0, 0.05) is 4.90 Å². The highest BCUT2D eigenvalue weighted by Crippen LogP contribution is 2.47. The Kier molecular flexibility index (Phi) is 2.35. The van der Waals surface area contributed by atoms with Crippen molar-refractivity contribution in [2.75, 3.05) is 0 Å². The Morgan fingerprint density at radius 3 is 2.77 bits per heavy atom. The lowest BCUT2D eigenvalue weighted by molar-refractivity contribution is -0.116. The van der Waals surface area contributed by atoms with E-state index in [1.54, 1.807) is 18.7 Å². The Hall–Kier alpha value is -0.470. The van der Waals surface area contributed by atoms with Gasteiger partial charge in [-0.3, -0.25) is 4.79 Å². The molecule has 13 heavy (non-hydrogen) atoms. The molecule has 2 rings (SSSR count). The number of carbonyl (C=O) groups excluding carboxylic acids is 1. The summed E-state index contributed by atoms with van der Waals surface area (Å²) in [6, 6.07) is 7.93. The van der Waals surface area contributed by atoms with E-state index in [1.807, 2.05) is 24.3 Å². The number of fused-ring (bicyclic) bond motifs is 1. The van der Waals surface area contributed by atoms with Gasteiger partial charge in [0.2, 0.25) is 0 Å². The van der Waals surface area contributed by atoms with Gasteiger partial charge in [0.15, 0.2) is 0 Å². The van der Waals surface area contributed by atoms with Gasteiger partial charge in [-0.2, -0.15) is 0 Å². The summed E-state index contributed by atoms with van der Waals surface area (Å²) in [7, 11) is 0. The first-order chi connectivity index (χ1) is 6.20. The first kappa shape index (κ1) is 9.10. The van der Waals surface area contributed by atoms with E-state index in [0.717, 1.165) is 10.5 Å². The molecule has 0 amide bonds. The standard InChI is InChI=1S/C10H9ClOS/c1-6(12)10-9(11)7-4-2-3-5-8(7)13-10/h2-5,9-10H,1H3. The van der Waals surface area contributed by atoms with E-state index in [1.165, 1.54) is 0 Å². The van der Waals surface area contributed by atoms with E-state index < -0.39 is 0 Å². The molecule has 0 saturated carbocycles. The average Bonchev–Trinajstić information content (AvgIpc) is 2.45. The lowest BCUT2D eigenvalue weighted by atomic mass is 10.1. The van der Waals surface area contributed by atoms with Crippen LogP contribution in [0, 0.1) is 0 Å². The third-order valence-electron chi connectivity index (χ3n) is 2.14. The van der Waals surface area contributed by atoms with Crippen molar-refractivity contribution in [3.05, 3.63) is 29.8 Å². The summed E-state index contributed by atoms with van der Waals surface area (Å²) >= 11 is 7.73. The molecule has 0 aliphatic carbocycles. The average molecular weight is 213 g/mol. The third kappa shape index (κ3) is 1.49. The summed E-state index contributed by atoms with van der Waals surface area (Å²) in [5.41, 5.74) is 1.09. The number of thioether (sulfide) groups is 1. The topological polar surface area (TPSA) is 17.1 Å². The van der Waals surface area contributed by atoms with Crippen LogP contribution in [0.4, 0.5) is 0 Å². The lowest BCUT2D eigenvalue weighted by Gasteiger charge is -2.07. The van der Waals surface area contributed by atoms with Crippen LogP contribution in [0.25, 0.3) is 0 Å². The van der Waals surface area contributed by atoms with Crippen LogP contribution < -0.4 is 0 Å². The summed E-state index contributed by atoms with van der Waals surface area (Å²) in [4.78, 5) is 12.4. The van der Waals surface area contributed by atoms with E-state index in [0.29, 0.717) is 0 Å². The molecule has 1 nitrogen and oxygen atoms in total. The molecular formula is C10H9ClOS. The zero-order chi connectivity index (χ0) is 9.42. The molecule has 3 heteroatoms. The zero-order valence-electron chi connectivity index (χ0n) is 7.16. The smallest absolute Gasteiger partial charge is 0.144 e. The largest absolute Gasteiger partial charge is 0.299 e. The minimum absolute atomic E-state index is 0.0981. The fraction of sp³-hybridized carbons (Fsp3) is 0.300. The van der Waals surface area contributed by atoms with Gasteiger partial charge < -0.3 is 0 Å². The number of alkyl halides is 1. The highest BCUT2D eigenvalue weighted by Gasteiger charge is 2.34. The fourth-order valence-electron chi connectivity index (χ4n) is 1.46. The predicted molar refractivity (Wildman–Crippen MR) is 55.4 cm³/mol. The molecule has 0 fully saturated rings. The van der Waals surface area contributed by atoms with Crippen LogP contribution in [0.2, 0.25) is 0 Å². The van der Waals surface area contributed by atoms with Crippen LogP contribution in [0.15, 0.2) is 29.2 Å². The number of halogens is 1. The summed E-state index contributed by atoms with van der Waals surface area (Å²) in [5.74, 6) is 0.154. The van der Waals surface area contributed by atoms with Gasteiger partial charge in [0.25, 0.3) is 0 Å². The highest BCUT2D eigenvalue weighted by molar-refractivity contribution is 8.01. The van der Waals surface area contributed by atoms with Crippen molar-refractivity contribution in [3.8, 4) is 0 Å². The van der Waals surface area contributed by atoms with E-state index in [2.05, 4.69) is 0 Å². The molecule has 1 aromatic carbocycles. The maximum absolute atomic E-state index is 11.2. The summed E-state index contributed by atoms with van der Waals surface area (Å²) in [5, 5.41) is -0.252. The van der Waals surface area contributed by atoms with Crippen LogP contribution in [-0.4, -0.2) is 11.0 Å². The maximum Gasteiger partial charge on any atom is 0.144 e. The Balaban J connectivity index is 2.38. The summed E-state index contributed by atoms with van der Waals surface area (Å²) < 4.78 is 0. The van der Waals surface area contributed by atoms with Crippen molar-refractivity contribution in [1.82, 2.24) is 0 Å². The number of hydrogen-bond acceptors (Lipinski definition) is 2. The quantitative estimate of drug-likeness (QED) is 0.666. The van der Waals surface area contributed by atoms with Crippen LogP contribution in [0.5, 0.6) is 0 Å². The fourth-order valence-corrected chi connectivity index (χ4v) is 3.24. The van der Waals surface area contributed by atoms with Crippen LogP contribution in [0.1, 0.15) is 17.9 Å². The third-order valence-corrected chi connectivity index (χ3v) is 4.26. The number of hydrogen-bond donors (Lipinski definition) is 0. The van der Waals surface area contributed by atoms with Crippen molar-refractivity contribution < 1.29 is 4.79 Å². The van der Waals surface area contributed by atoms with Gasteiger partial charge in [-0.25, -0.2) is 0 Å². The molecule has 1 aliphatic rings. The normalized spacial score (nSPS) is 25.7. The Bertz CT molecular complexity index is 351.